The van der Waals surface area contributed by atoms with Crippen molar-refractivity contribution in [2.45, 2.75) is 6.54 Å². The molecular formula is C19H14ClN3O3S. The van der Waals surface area contributed by atoms with Gasteiger partial charge in [0.2, 0.25) is 5.01 Å². The van der Waals surface area contributed by atoms with Crippen LogP contribution in [0.15, 0.2) is 54.6 Å². The standard InChI is InChI=1S/C19H14ClN3O3S/c20-15(10-12-6-8-14(9-7-12)19(25)26)17-22-23-18(27-17)16(24)21-11-13-4-2-1-3-5-13/h1-10H,11H2,(H,21,24)(H,25,26)/b15-10-. The number of aromatic carboxylic acids is 1. The van der Waals surface area contributed by atoms with Crippen LogP contribution in [0.25, 0.3) is 11.1 Å². The molecule has 2 N–H and O–H groups in total. The summed E-state index contributed by atoms with van der Waals surface area (Å²) in [6, 6.07) is 15.8. The molecule has 0 saturated heterocycles. The van der Waals surface area contributed by atoms with E-state index in [0.717, 1.165) is 22.5 Å². The summed E-state index contributed by atoms with van der Waals surface area (Å²) in [5.41, 5.74) is 1.89. The van der Waals surface area contributed by atoms with Crippen molar-refractivity contribution < 1.29 is 14.7 Å². The monoisotopic (exact) mass is 399 g/mol. The number of carbonyl (C=O) groups excluding carboxylic acids is 1. The lowest BCUT2D eigenvalue weighted by molar-refractivity contribution is 0.0696. The smallest absolute Gasteiger partial charge is 0.335 e. The van der Waals surface area contributed by atoms with Crippen LogP contribution in [-0.4, -0.2) is 27.2 Å². The fourth-order valence-corrected chi connectivity index (χ4v) is 3.14. The van der Waals surface area contributed by atoms with Gasteiger partial charge in [-0.05, 0) is 29.3 Å². The second-order valence-electron chi connectivity index (χ2n) is 5.50. The molecule has 0 radical (unpaired) electrons. The van der Waals surface area contributed by atoms with Crippen LogP contribution in [0.5, 0.6) is 0 Å². The number of halogens is 1. The Labute approximate surface area is 164 Å². The lowest BCUT2D eigenvalue weighted by atomic mass is 10.1. The summed E-state index contributed by atoms with van der Waals surface area (Å²) in [4.78, 5) is 23.1. The van der Waals surface area contributed by atoms with Gasteiger partial charge in [-0.3, -0.25) is 4.79 Å². The number of hydrogen-bond donors (Lipinski definition) is 2. The van der Waals surface area contributed by atoms with Gasteiger partial charge in [0.1, 0.15) is 0 Å². The maximum atomic E-state index is 12.2. The van der Waals surface area contributed by atoms with Gasteiger partial charge in [-0.25, -0.2) is 4.79 Å². The van der Waals surface area contributed by atoms with Gasteiger partial charge in [0, 0.05) is 6.54 Å². The minimum Gasteiger partial charge on any atom is -0.478 e. The molecule has 0 saturated carbocycles. The van der Waals surface area contributed by atoms with Gasteiger partial charge in [0.15, 0.2) is 5.01 Å². The molecule has 0 aliphatic carbocycles. The van der Waals surface area contributed by atoms with E-state index in [1.54, 1.807) is 18.2 Å². The molecule has 0 bridgehead atoms. The Bertz CT molecular complexity index is 985. The van der Waals surface area contributed by atoms with E-state index in [2.05, 4.69) is 15.5 Å². The quantitative estimate of drug-likeness (QED) is 0.655. The van der Waals surface area contributed by atoms with Crippen LogP contribution in [0.4, 0.5) is 0 Å². The number of benzene rings is 2. The van der Waals surface area contributed by atoms with E-state index in [9.17, 15) is 9.59 Å². The summed E-state index contributed by atoms with van der Waals surface area (Å²) in [7, 11) is 0. The Morgan fingerprint density at radius 3 is 2.37 bits per heavy atom. The number of aromatic nitrogens is 2. The zero-order valence-corrected chi connectivity index (χ0v) is 15.5. The van der Waals surface area contributed by atoms with Crippen LogP contribution in [0.1, 0.15) is 36.3 Å². The Kier molecular flexibility index (Phi) is 5.95. The van der Waals surface area contributed by atoms with Crippen LogP contribution in [0.3, 0.4) is 0 Å². The molecule has 136 valence electrons. The van der Waals surface area contributed by atoms with Crippen molar-refractivity contribution in [3.63, 3.8) is 0 Å². The third-order valence-electron chi connectivity index (χ3n) is 3.57. The van der Waals surface area contributed by atoms with Crippen molar-refractivity contribution in [2.24, 2.45) is 0 Å². The van der Waals surface area contributed by atoms with Crippen molar-refractivity contribution in [2.75, 3.05) is 0 Å². The highest BCUT2D eigenvalue weighted by Crippen LogP contribution is 2.25. The molecule has 3 rings (SSSR count). The highest BCUT2D eigenvalue weighted by molar-refractivity contribution is 7.15. The van der Waals surface area contributed by atoms with E-state index < -0.39 is 5.97 Å². The molecule has 1 amide bonds. The zero-order valence-electron chi connectivity index (χ0n) is 13.9. The average Bonchev–Trinajstić information content (AvgIpc) is 3.18. The van der Waals surface area contributed by atoms with Crippen molar-refractivity contribution >= 4 is 45.9 Å². The SMILES string of the molecule is O=C(O)c1ccc(/C=C(\Cl)c2nnc(C(=O)NCc3ccccc3)s2)cc1. The molecular weight excluding hydrogens is 386 g/mol. The summed E-state index contributed by atoms with van der Waals surface area (Å²) < 4.78 is 0. The first-order valence-corrected chi connectivity index (χ1v) is 9.09. The number of carboxylic acids is 1. The third kappa shape index (κ3) is 4.99. The predicted octanol–water partition coefficient (Wildman–Crippen LogP) is 3.90. The van der Waals surface area contributed by atoms with E-state index in [4.69, 9.17) is 16.7 Å². The Balaban J connectivity index is 1.66. The first kappa shape index (κ1) is 18.8. The lowest BCUT2D eigenvalue weighted by Gasteiger charge is -2.02. The lowest BCUT2D eigenvalue weighted by Crippen LogP contribution is -2.22. The van der Waals surface area contributed by atoms with Crippen molar-refractivity contribution in [3.8, 4) is 0 Å². The summed E-state index contributed by atoms with van der Waals surface area (Å²) in [6.45, 7) is 0.397. The third-order valence-corrected chi connectivity index (χ3v) is 4.93. The predicted molar refractivity (Wildman–Crippen MR) is 105 cm³/mol. The first-order chi connectivity index (χ1) is 13.0. The van der Waals surface area contributed by atoms with E-state index in [1.165, 1.54) is 12.1 Å². The van der Waals surface area contributed by atoms with Gasteiger partial charge < -0.3 is 10.4 Å². The summed E-state index contributed by atoms with van der Waals surface area (Å²) in [5, 5.41) is 20.5. The number of nitrogens with one attached hydrogen (secondary N) is 1. The Morgan fingerprint density at radius 1 is 1.04 bits per heavy atom. The number of rotatable bonds is 6. The van der Waals surface area contributed by atoms with E-state index in [-0.39, 0.29) is 16.5 Å². The van der Waals surface area contributed by atoms with Gasteiger partial charge in [-0.2, -0.15) is 0 Å². The minimum absolute atomic E-state index is 0.191. The molecule has 27 heavy (non-hydrogen) atoms. The van der Waals surface area contributed by atoms with E-state index in [1.807, 2.05) is 30.3 Å². The van der Waals surface area contributed by atoms with Crippen LogP contribution in [-0.2, 0) is 6.54 Å². The highest BCUT2D eigenvalue weighted by atomic mass is 35.5. The zero-order chi connectivity index (χ0) is 19.2. The highest BCUT2D eigenvalue weighted by Gasteiger charge is 2.14. The first-order valence-electron chi connectivity index (χ1n) is 7.89. The van der Waals surface area contributed by atoms with E-state index >= 15 is 0 Å². The minimum atomic E-state index is -0.994. The molecule has 0 aliphatic heterocycles. The van der Waals surface area contributed by atoms with Crippen LogP contribution in [0.2, 0.25) is 0 Å². The Morgan fingerprint density at radius 2 is 1.70 bits per heavy atom. The molecule has 2 aromatic carbocycles. The van der Waals surface area contributed by atoms with Gasteiger partial charge in [0.25, 0.3) is 5.91 Å². The summed E-state index contributed by atoms with van der Waals surface area (Å²) >= 11 is 7.34. The average molecular weight is 400 g/mol. The number of carboxylic acid groups (broad SMARTS) is 1. The van der Waals surface area contributed by atoms with Crippen molar-refractivity contribution in [1.29, 1.82) is 0 Å². The molecule has 8 heteroatoms. The van der Waals surface area contributed by atoms with Crippen LogP contribution < -0.4 is 5.32 Å². The number of nitrogens with zero attached hydrogens (tertiary/aromatic N) is 2. The molecule has 6 nitrogen and oxygen atoms in total. The normalized spacial score (nSPS) is 11.2. The molecule has 0 unspecified atom stereocenters. The maximum absolute atomic E-state index is 12.2. The van der Waals surface area contributed by atoms with E-state index in [0.29, 0.717) is 16.6 Å². The fraction of sp³-hybridized carbons (Fsp3) is 0.0526. The van der Waals surface area contributed by atoms with Gasteiger partial charge in [-0.1, -0.05) is 65.4 Å². The Hall–Kier alpha value is -3.03. The molecule has 0 aliphatic rings. The fourth-order valence-electron chi connectivity index (χ4n) is 2.20. The second-order valence-corrected chi connectivity index (χ2v) is 6.88. The summed E-state index contributed by atoms with van der Waals surface area (Å²) in [5.74, 6) is -1.32. The van der Waals surface area contributed by atoms with Crippen LogP contribution in [0, 0.1) is 0 Å². The maximum Gasteiger partial charge on any atom is 0.335 e. The number of hydrogen-bond acceptors (Lipinski definition) is 5. The molecule has 1 aromatic heterocycles. The van der Waals surface area contributed by atoms with Gasteiger partial charge >= 0.3 is 5.97 Å². The van der Waals surface area contributed by atoms with Crippen LogP contribution >= 0.6 is 22.9 Å². The second kappa shape index (κ2) is 8.57. The topological polar surface area (TPSA) is 92.2 Å². The largest absolute Gasteiger partial charge is 0.478 e. The molecule has 0 spiro atoms. The molecule has 3 aromatic rings. The molecule has 0 atom stereocenters. The van der Waals surface area contributed by atoms with Gasteiger partial charge in [0.05, 0.1) is 10.6 Å². The molecule has 0 fully saturated rings. The van der Waals surface area contributed by atoms with Gasteiger partial charge in [-0.15, -0.1) is 10.2 Å². The van der Waals surface area contributed by atoms with Crippen molar-refractivity contribution in [1.82, 2.24) is 15.5 Å². The van der Waals surface area contributed by atoms with Crippen molar-refractivity contribution in [3.05, 3.63) is 81.3 Å². The molecule has 1 heterocycles. The number of amides is 1. The number of carbonyl (C=O) groups is 2. The summed E-state index contributed by atoms with van der Waals surface area (Å²) in [6.07, 6.45) is 1.64.